The summed E-state index contributed by atoms with van der Waals surface area (Å²) in [5, 5.41) is 0. The molecule has 1 saturated heterocycles. The van der Waals surface area contributed by atoms with Gasteiger partial charge in [0.2, 0.25) is 0 Å². The van der Waals surface area contributed by atoms with Crippen LogP contribution in [0.2, 0.25) is 0 Å². The first kappa shape index (κ1) is 14.9. The topological polar surface area (TPSA) is 72.4 Å². The Morgan fingerprint density at radius 1 is 1.21 bits per heavy atom. The average Bonchev–Trinajstić information content (AvgIpc) is 3.18. The number of amides is 1. The van der Waals surface area contributed by atoms with Crippen molar-refractivity contribution < 1.29 is 9.21 Å². The van der Waals surface area contributed by atoms with Crippen molar-refractivity contribution in [3.8, 4) is 0 Å². The van der Waals surface area contributed by atoms with E-state index in [9.17, 15) is 4.79 Å². The number of nitrogens with two attached hydrogens (primary N) is 1. The van der Waals surface area contributed by atoms with Crippen molar-refractivity contribution in [3.05, 3.63) is 65.5 Å². The average molecular weight is 321 g/mol. The molecule has 1 aliphatic heterocycles. The molecule has 3 heterocycles. The Hall–Kier alpha value is -2.66. The van der Waals surface area contributed by atoms with E-state index in [0.29, 0.717) is 29.9 Å². The van der Waals surface area contributed by atoms with Gasteiger partial charge >= 0.3 is 0 Å². The van der Waals surface area contributed by atoms with Crippen molar-refractivity contribution >= 4 is 17.0 Å². The molecule has 2 atom stereocenters. The van der Waals surface area contributed by atoms with E-state index in [0.717, 1.165) is 5.69 Å². The van der Waals surface area contributed by atoms with Crippen LogP contribution in [0.5, 0.6) is 0 Å². The summed E-state index contributed by atoms with van der Waals surface area (Å²) in [6, 6.07) is 15.5. The van der Waals surface area contributed by atoms with Crippen LogP contribution in [0.1, 0.15) is 27.7 Å². The summed E-state index contributed by atoms with van der Waals surface area (Å²) in [6.45, 7) is 3.05. The van der Waals surface area contributed by atoms with Gasteiger partial charge in [0, 0.05) is 36.8 Å². The van der Waals surface area contributed by atoms with Gasteiger partial charge in [0.25, 0.3) is 5.91 Å². The molecule has 122 valence electrons. The zero-order valence-electron chi connectivity index (χ0n) is 13.5. The molecular formula is C19H19N3O2. The third-order valence-electron chi connectivity index (χ3n) is 4.60. The van der Waals surface area contributed by atoms with Gasteiger partial charge < -0.3 is 15.1 Å². The Bertz CT molecular complexity index is 888. The quantitative estimate of drug-likeness (QED) is 0.787. The molecule has 5 nitrogen and oxygen atoms in total. The van der Waals surface area contributed by atoms with E-state index in [1.54, 1.807) is 11.0 Å². The van der Waals surface area contributed by atoms with Crippen LogP contribution >= 0.6 is 0 Å². The van der Waals surface area contributed by atoms with Crippen molar-refractivity contribution in [2.24, 2.45) is 5.73 Å². The number of furan rings is 1. The predicted octanol–water partition coefficient (Wildman–Crippen LogP) is 2.70. The van der Waals surface area contributed by atoms with Gasteiger partial charge in [0.1, 0.15) is 5.52 Å². The molecule has 0 saturated carbocycles. The lowest BCUT2D eigenvalue weighted by Crippen LogP contribution is -2.32. The monoisotopic (exact) mass is 321 g/mol. The van der Waals surface area contributed by atoms with Crippen molar-refractivity contribution in [1.82, 2.24) is 9.88 Å². The van der Waals surface area contributed by atoms with E-state index in [2.05, 4.69) is 17.1 Å². The third kappa shape index (κ3) is 2.57. The molecule has 0 unspecified atom stereocenters. The number of hydrogen-bond acceptors (Lipinski definition) is 4. The van der Waals surface area contributed by atoms with E-state index in [-0.39, 0.29) is 17.9 Å². The number of carbonyl (C=O) groups excluding carboxylic acids is 1. The Morgan fingerprint density at radius 2 is 2.00 bits per heavy atom. The number of carbonyl (C=O) groups is 1. The van der Waals surface area contributed by atoms with Gasteiger partial charge in [-0.05, 0) is 24.6 Å². The highest BCUT2D eigenvalue weighted by Crippen LogP contribution is 2.28. The lowest BCUT2D eigenvalue weighted by atomic mass is 9.95. The van der Waals surface area contributed by atoms with E-state index < -0.39 is 0 Å². The second kappa shape index (κ2) is 5.76. The minimum absolute atomic E-state index is 0.0684. The molecule has 0 bridgehead atoms. The van der Waals surface area contributed by atoms with E-state index in [1.165, 1.54) is 5.56 Å². The third-order valence-corrected chi connectivity index (χ3v) is 4.60. The highest BCUT2D eigenvalue weighted by Gasteiger charge is 2.35. The smallest absolute Gasteiger partial charge is 0.289 e. The number of aromatic nitrogens is 1. The van der Waals surface area contributed by atoms with Gasteiger partial charge in [-0.25, -0.2) is 4.98 Å². The van der Waals surface area contributed by atoms with Crippen molar-refractivity contribution in [2.75, 3.05) is 13.1 Å². The van der Waals surface area contributed by atoms with Crippen LogP contribution in [0.3, 0.4) is 0 Å². The summed E-state index contributed by atoms with van der Waals surface area (Å²) in [5.74, 6) is 0.350. The fourth-order valence-electron chi connectivity index (χ4n) is 3.33. The molecule has 2 aromatic heterocycles. The summed E-state index contributed by atoms with van der Waals surface area (Å²) in [6.07, 6.45) is 0. The number of pyridine rings is 1. The van der Waals surface area contributed by atoms with E-state index in [4.69, 9.17) is 10.2 Å². The normalized spacial score (nSPS) is 20.7. The Morgan fingerprint density at radius 3 is 2.79 bits per heavy atom. The summed E-state index contributed by atoms with van der Waals surface area (Å²) >= 11 is 0. The molecule has 24 heavy (non-hydrogen) atoms. The zero-order valence-corrected chi connectivity index (χ0v) is 13.5. The number of aryl methyl sites for hydroxylation is 1. The first-order chi connectivity index (χ1) is 11.6. The summed E-state index contributed by atoms with van der Waals surface area (Å²) in [5.41, 5.74) is 9.68. The van der Waals surface area contributed by atoms with Gasteiger partial charge in [-0.3, -0.25) is 4.79 Å². The van der Waals surface area contributed by atoms with Crippen molar-refractivity contribution in [2.45, 2.75) is 18.9 Å². The maximum absolute atomic E-state index is 12.8. The first-order valence-corrected chi connectivity index (χ1v) is 8.09. The molecule has 4 rings (SSSR count). The SMILES string of the molecule is Cc1ccc2oc(C(=O)N3C[C@@H](N)[C@H](c4ccccc4)C3)cc2n1. The van der Waals surface area contributed by atoms with Crippen LogP contribution in [0.15, 0.2) is 52.9 Å². The van der Waals surface area contributed by atoms with Crippen LogP contribution in [0.25, 0.3) is 11.1 Å². The summed E-state index contributed by atoms with van der Waals surface area (Å²) in [7, 11) is 0. The van der Waals surface area contributed by atoms with E-state index >= 15 is 0 Å². The number of fused-ring (bicyclic) bond motifs is 1. The highest BCUT2D eigenvalue weighted by molar-refractivity contribution is 5.95. The Kier molecular flexibility index (Phi) is 3.58. The molecule has 1 aliphatic rings. The molecule has 0 spiro atoms. The molecule has 0 radical (unpaired) electrons. The van der Waals surface area contributed by atoms with Crippen LogP contribution < -0.4 is 5.73 Å². The Balaban J connectivity index is 1.58. The predicted molar refractivity (Wildman–Crippen MR) is 91.8 cm³/mol. The minimum Gasteiger partial charge on any atom is -0.449 e. The largest absolute Gasteiger partial charge is 0.449 e. The van der Waals surface area contributed by atoms with Crippen LogP contribution in [0, 0.1) is 6.92 Å². The first-order valence-electron chi connectivity index (χ1n) is 8.09. The van der Waals surface area contributed by atoms with Gasteiger partial charge in [0.15, 0.2) is 11.3 Å². The number of hydrogen-bond donors (Lipinski definition) is 1. The van der Waals surface area contributed by atoms with E-state index in [1.807, 2.05) is 37.3 Å². The maximum Gasteiger partial charge on any atom is 0.289 e. The van der Waals surface area contributed by atoms with Crippen LogP contribution in [-0.2, 0) is 0 Å². The summed E-state index contributed by atoms with van der Waals surface area (Å²) < 4.78 is 5.68. The fourth-order valence-corrected chi connectivity index (χ4v) is 3.33. The number of likely N-dealkylation sites (tertiary alicyclic amines) is 1. The molecule has 0 aliphatic carbocycles. The molecule has 1 aromatic carbocycles. The maximum atomic E-state index is 12.8. The van der Waals surface area contributed by atoms with Crippen LogP contribution in [-0.4, -0.2) is 34.9 Å². The fraction of sp³-hybridized carbons (Fsp3) is 0.263. The minimum atomic E-state index is -0.125. The standard InChI is InChI=1S/C19H19N3O2/c1-12-7-8-17-16(21-12)9-18(24-17)19(23)22-10-14(15(20)11-22)13-5-3-2-4-6-13/h2-9,14-15H,10-11,20H2,1H3/t14-,15+/m0/s1. The second-order valence-electron chi connectivity index (χ2n) is 6.34. The Labute approximate surface area is 140 Å². The second-order valence-corrected chi connectivity index (χ2v) is 6.34. The van der Waals surface area contributed by atoms with Crippen LogP contribution in [0.4, 0.5) is 0 Å². The lowest BCUT2D eigenvalue weighted by molar-refractivity contribution is 0.0760. The number of benzene rings is 1. The van der Waals surface area contributed by atoms with Crippen molar-refractivity contribution in [1.29, 1.82) is 0 Å². The highest BCUT2D eigenvalue weighted by atomic mass is 16.3. The summed E-state index contributed by atoms with van der Waals surface area (Å²) in [4.78, 5) is 18.9. The molecule has 1 fully saturated rings. The van der Waals surface area contributed by atoms with Gasteiger partial charge in [-0.15, -0.1) is 0 Å². The molecular weight excluding hydrogens is 302 g/mol. The van der Waals surface area contributed by atoms with Gasteiger partial charge in [-0.2, -0.15) is 0 Å². The number of nitrogens with zero attached hydrogens (tertiary/aromatic N) is 2. The zero-order chi connectivity index (χ0) is 16.7. The molecule has 2 N–H and O–H groups in total. The van der Waals surface area contributed by atoms with Gasteiger partial charge in [-0.1, -0.05) is 30.3 Å². The molecule has 5 heteroatoms. The lowest BCUT2D eigenvalue weighted by Gasteiger charge is -2.15. The number of rotatable bonds is 2. The molecule has 3 aromatic rings. The van der Waals surface area contributed by atoms with Gasteiger partial charge in [0.05, 0.1) is 0 Å². The molecule has 1 amide bonds. The van der Waals surface area contributed by atoms with Crippen molar-refractivity contribution in [3.63, 3.8) is 0 Å².